The Morgan fingerprint density at radius 3 is 2.32 bits per heavy atom. The van der Waals surface area contributed by atoms with Crippen LogP contribution in [0.5, 0.6) is 0 Å². The number of pyridine rings is 1. The van der Waals surface area contributed by atoms with E-state index >= 15 is 0 Å². The first-order chi connectivity index (χ1) is 13.6. The van der Waals surface area contributed by atoms with Crippen molar-refractivity contribution < 1.29 is 9.53 Å². The number of hydrogen-bond acceptors (Lipinski definition) is 6. The molecule has 0 aliphatic carbocycles. The number of rotatable bonds is 7. The van der Waals surface area contributed by atoms with Crippen molar-refractivity contribution in [3.05, 3.63) is 72.3 Å². The normalized spacial score (nSPS) is 11.5. The zero-order valence-electron chi connectivity index (χ0n) is 15.9. The third kappa shape index (κ3) is 5.51. The molecule has 3 aromatic rings. The molecule has 0 fully saturated rings. The van der Waals surface area contributed by atoms with Gasteiger partial charge in [0.25, 0.3) is 0 Å². The van der Waals surface area contributed by atoms with Crippen molar-refractivity contribution in [1.82, 2.24) is 20.3 Å². The summed E-state index contributed by atoms with van der Waals surface area (Å²) in [6.07, 6.45) is 7.44. The first-order valence-corrected chi connectivity index (χ1v) is 9.02. The van der Waals surface area contributed by atoms with E-state index < -0.39 is 6.09 Å². The van der Waals surface area contributed by atoms with E-state index in [2.05, 4.69) is 30.3 Å². The largest absolute Gasteiger partial charge is 0.453 e. The van der Waals surface area contributed by atoms with Gasteiger partial charge in [-0.2, -0.15) is 0 Å². The molecule has 0 spiro atoms. The molecule has 7 nitrogen and oxygen atoms in total. The Kier molecular flexibility index (Phi) is 6.51. The third-order valence-corrected chi connectivity index (χ3v) is 4.23. The standard InChI is InChI=1S/C21H23N5O2/c1-15(26-21(27)28-2)11-16-3-5-18(6-4-16)19-13-24-20(25-14-19)23-12-17-7-9-22-10-8-17/h3-10,13-15H,11-12H2,1-2H3,(H,26,27)(H,23,24,25). The van der Waals surface area contributed by atoms with Crippen LogP contribution in [-0.2, 0) is 17.7 Å². The van der Waals surface area contributed by atoms with Gasteiger partial charge in [-0.05, 0) is 42.2 Å². The molecule has 0 saturated heterocycles. The predicted octanol–water partition coefficient (Wildman–Crippen LogP) is 3.44. The number of anilines is 1. The molecule has 2 heterocycles. The smallest absolute Gasteiger partial charge is 0.407 e. The number of nitrogens with zero attached hydrogens (tertiary/aromatic N) is 3. The molecular formula is C21H23N5O2. The Bertz CT molecular complexity index is 883. The minimum absolute atomic E-state index is 0.00705. The van der Waals surface area contributed by atoms with E-state index in [9.17, 15) is 4.79 Å². The third-order valence-electron chi connectivity index (χ3n) is 4.23. The van der Waals surface area contributed by atoms with Crippen LogP contribution in [0.3, 0.4) is 0 Å². The second-order valence-corrected chi connectivity index (χ2v) is 6.44. The second kappa shape index (κ2) is 9.45. The molecular weight excluding hydrogens is 354 g/mol. The number of hydrogen-bond donors (Lipinski definition) is 2. The Balaban J connectivity index is 1.57. The zero-order chi connectivity index (χ0) is 19.8. The van der Waals surface area contributed by atoms with Gasteiger partial charge < -0.3 is 15.4 Å². The van der Waals surface area contributed by atoms with Crippen molar-refractivity contribution in [2.45, 2.75) is 25.9 Å². The number of carbonyl (C=O) groups is 1. The highest BCUT2D eigenvalue weighted by atomic mass is 16.5. The highest BCUT2D eigenvalue weighted by Gasteiger charge is 2.08. The fourth-order valence-electron chi connectivity index (χ4n) is 2.75. The first-order valence-electron chi connectivity index (χ1n) is 9.02. The van der Waals surface area contributed by atoms with Crippen LogP contribution >= 0.6 is 0 Å². The fraction of sp³-hybridized carbons (Fsp3) is 0.238. The summed E-state index contributed by atoms with van der Waals surface area (Å²) in [5, 5.41) is 5.96. The number of amides is 1. The summed E-state index contributed by atoms with van der Waals surface area (Å²) < 4.78 is 4.62. The molecule has 1 amide bonds. The number of ether oxygens (including phenoxy) is 1. The van der Waals surface area contributed by atoms with Crippen LogP contribution < -0.4 is 10.6 Å². The molecule has 3 rings (SSSR count). The van der Waals surface area contributed by atoms with Gasteiger partial charge in [-0.1, -0.05) is 24.3 Å². The Labute approximate surface area is 164 Å². The molecule has 28 heavy (non-hydrogen) atoms. The summed E-state index contributed by atoms with van der Waals surface area (Å²) in [5.74, 6) is 0.583. The molecule has 1 unspecified atom stereocenters. The number of alkyl carbamates (subject to hydrolysis) is 1. The fourth-order valence-corrected chi connectivity index (χ4v) is 2.75. The number of nitrogens with one attached hydrogen (secondary N) is 2. The second-order valence-electron chi connectivity index (χ2n) is 6.44. The van der Waals surface area contributed by atoms with E-state index in [1.54, 1.807) is 24.8 Å². The molecule has 0 saturated carbocycles. The topological polar surface area (TPSA) is 89.0 Å². The van der Waals surface area contributed by atoms with E-state index in [1.165, 1.54) is 7.11 Å². The first kappa shape index (κ1) is 19.3. The summed E-state index contributed by atoms with van der Waals surface area (Å²) >= 11 is 0. The van der Waals surface area contributed by atoms with E-state index in [1.807, 2.05) is 43.3 Å². The van der Waals surface area contributed by atoms with Crippen LogP contribution in [0.25, 0.3) is 11.1 Å². The highest BCUT2D eigenvalue weighted by molar-refractivity contribution is 5.67. The maximum absolute atomic E-state index is 11.3. The molecule has 2 aromatic heterocycles. The molecule has 144 valence electrons. The number of benzene rings is 1. The minimum Gasteiger partial charge on any atom is -0.453 e. The van der Waals surface area contributed by atoms with Gasteiger partial charge in [-0.25, -0.2) is 14.8 Å². The Hall–Kier alpha value is -3.48. The van der Waals surface area contributed by atoms with Crippen molar-refractivity contribution >= 4 is 12.0 Å². The lowest BCUT2D eigenvalue weighted by molar-refractivity contribution is 0.167. The minimum atomic E-state index is -0.418. The molecule has 2 N–H and O–H groups in total. The van der Waals surface area contributed by atoms with Crippen LogP contribution in [0.4, 0.5) is 10.7 Å². The number of methoxy groups -OCH3 is 1. The lowest BCUT2D eigenvalue weighted by Gasteiger charge is -2.13. The lowest BCUT2D eigenvalue weighted by atomic mass is 10.0. The van der Waals surface area contributed by atoms with Crippen molar-refractivity contribution in [3.63, 3.8) is 0 Å². The molecule has 0 aliphatic heterocycles. The quantitative estimate of drug-likeness (QED) is 0.656. The monoisotopic (exact) mass is 377 g/mol. The van der Waals surface area contributed by atoms with Gasteiger partial charge in [0, 0.05) is 42.9 Å². The van der Waals surface area contributed by atoms with Crippen LogP contribution in [0.1, 0.15) is 18.1 Å². The van der Waals surface area contributed by atoms with Crippen molar-refractivity contribution in [3.8, 4) is 11.1 Å². The summed E-state index contributed by atoms with van der Waals surface area (Å²) in [7, 11) is 1.36. The van der Waals surface area contributed by atoms with E-state index in [0.29, 0.717) is 12.5 Å². The number of carbonyl (C=O) groups excluding carboxylic acids is 1. The van der Waals surface area contributed by atoms with Crippen LogP contribution in [0.15, 0.2) is 61.2 Å². The Morgan fingerprint density at radius 2 is 1.68 bits per heavy atom. The van der Waals surface area contributed by atoms with Crippen molar-refractivity contribution in [2.75, 3.05) is 12.4 Å². The van der Waals surface area contributed by atoms with Gasteiger partial charge in [0.15, 0.2) is 0 Å². The number of aromatic nitrogens is 3. The van der Waals surface area contributed by atoms with Crippen LogP contribution in [0, 0.1) is 0 Å². The molecule has 1 atom stereocenters. The van der Waals surface area contributed by atoms with Gasteiger partial charge in [0.1, 0.15) is 0 Å². The SMILES string of the molecule is COC(=O)NC(C)Cc1ccc(-c2cnc(NCc3ccncc3)nc2)cc1. The van der Waals surface area contributed by atoms with E-state index in [4.69, 9.17) is 0 Å². The highest BCUT2D eigenvalue weighted by Crippen LogP contribution is 2.19. The van der Waals surface area contributed by atoms with Crippen molar-refractivity contribution in [1.29, 1.82) is 0 Å². The lowest BCUT2D eigenvalue weighted by Crippen LogP contribution is -2.33. The molecule has 0 aliphatic rings. The average Bonchev–Trinajstić information content (AvgIpc) is 2.74. The van der Waals surface area contributed by atoms with Crippen LogP contribution in [-0.4, -0.2) is 34.2 Å². The summed E-state index contributed by atoms with van der Waals surface area (Å²) in [4.78, 5) is 24.0. The van der Waals surface area contributed by atoms with E-state index in [0.717, 1.165) is 28.7 Å². The molecule has 7 heteroatoms. The van der Waals surface area contributed by atoms with Crippen LogP contribution in [0.2, 0.25) is 0 Å². The summed E-state index contributed by atoms with van der Waals surface area (Å²) in [6, 6.07) is 12.0. The molecule has 1 aromatic carbocycles. The predicted molar refractivity (Wildman–Crippen MR) is 108 cm³/mol. The maximum atomic E-state index is 11.3. The average molecular weight is 377 g/mol. The zero-order valence-corrected chi connectivity index (χ0v) is 15.9. The van der Waals surface area contributed by atoms with E-state index in [-0.39, 0.29) is 6.04 Å². The summed E-state index contributed by atoms with van der Waals surface area (Å²) in [5.41, 5.74) is 4.23. The summed E-state index contributed by atoms with van der Waals surface area (Å²) in [6.45, 7) is 2.59. The molecule has 0 bridgehead atoms. The van der Waals surface area contributed by atoms with Crippen molar-refractivity contribution in [2.24, 2.45) is 0 Å². The maximum Gasteiger partial charge on any atom is 0.407 e. The Morgan fingerprint density at radius 1 is 1.00 bits per heavy atom. The molecule has 0 radical (unpaired) electrons. The van der Waals surface area contributed by atoms with Gasteiger partial charge in [-0.3, -0.25) is 4.98 Å². The van der Waals surface area contributed by atoms with Gasteiger partial charge in [0.2, 0.25) is 5.95 Å². The van der Waals surface area contributed by atoms with Gasteiger partial charge in [-0.15, -0.1) is 0 Å². The van der Waals surface area contributed by atoms with Gasteiger partial charge in [0.05, 0.1) is 7.11 Å². The van der Waals surface area contributed by atoms with Gasteiger partial charge >= 0.3 is 6.09 Å².